The number of benzene rings is 4. The minimum absolute atomic E-state index is 0.0365. The topological polar surface area (TPSA) is 86.5 Å². The van der Waals surface area contributed by atoms with Gasteiger partial charge in [-0.25, -0.2) is 0 Å². The van der Waals surface area contributed by atoms with E-state index < -0.39 is 17.7 Å². The van der Waals surface area contributed by atoms with Gasteiger partial charge in [0.2, 0.25) is 0 Å². The number of carbonyl (C=O) groups excluding carboxylic acids is 1. The highest BCUT2D eigenvalue weighted by Gasteiger charge is 2.39. The van der Waals surface area contributed by atoms with E-state index in [2.05, 4.69) is 0 Å². The number of Topliss-reactive ketones (excluding diaryl/α,β-unsaturated/α-hetero) is 1. The first-order valence-corrected chi connectivity index (χ1v) is 12.8. The molecule has 0 aliphatic heterocycles. The maximum atomic E-state index is 15.1. The Balaban J connectivity index is 1.86. The van der Waals surface area contributed by atoms with E-state index in [4.69, 9.17) is 4.74 Å². The Morgan fingerprint density at radius 3 is 1.80 bits per heavy atom. The molecule has 4 rings (SSSR count). The first-order chi connectivity index (χ1) is 16.9. The standard InChI is InChI=1S/C28H24NO5P/c1-34-24-18-14-21(15-19-24)27(30)20-28(22-12-16-23(17-13-22)29(31)32)35(33,25-8-4-2-5-9-25)26-10-6-3-7-11-26/h2-19,28H,20H2,1H3/t28-/m0/s1. The Hall–Kier alpha value is -4.02. The number of nitro groups is 1. The van der Waals surface area contributed by atoms with Crippen LogP contribution in [-0.4, -0.2) is 17.8 Å². The molecule has 35 heavy (non-hydrogen) atoms. The van der Waals surface area contributed by atoms with Crippen LogP contribution in [0, 0.1) is 10.1 Å². The quantitative estimate of drug-likeness (QED) is 0.127. The summed E-state index contributed by atoms with van der Waals surface area (Å²) in [7, 11) is -1.85. The van der Waals surface area contributed by atoms with Crippen LogP contribution in [0.25, 0.3) is 0 Å². The molecular weight excluding hydrogens is 461 g/mol. The first-order valence-electron chi connectivity index (χ1n) is 11.1. The molecule has 0 amide bonds. The number of nitrogens with zero attached hydrogens (tertiary/aromatic N) is 1. The molecule has 0 bridgehead atoms. The summed E-state index contributed by atoms with van der Waals surface area (Å²) >= 11 is 0. The Labute approximate surface area is 203 Å². The second-order valence-electron chi connectivity index (χ2n) is 8.05. The van der Waals surface area contributed by atoms with Crippen molar-refractivity contribution < 1.29 is 19.0 Å². The van der Waals surface area contributed by atoms with Crippen LogP contribution in [0.1, 0.15) is 28.0 Å². The van der Waals surface area contributed by atoms with Gasteiger partial charge in [0.05, 0.1) is 17.7 Å². The van der Waals surface area contributed by atoms with Crippen molar-refractivity contribution in [3.63, 3.8) is 0 Å². The molecule has 0 N–H and O–H groups in total. The predicted octanol–water partition coefficient (Wildman–Crippen LogP) is 5.93. The summed E-state index contributed by atoms with van der Waals surface area (Å²) in [5.74, 6) is 0.454. The summed E-state index contributed by atoms with van der Waals surface area (Å²) in [4.78, 5) is 24.2. The molecule has 0 fully saturated rings. The molecule has 0 aromatic heterocycles. The van der Waals surface area contributed by atoms with Gasteiger partial charge in [-0.1, -0.05) is 72.8 Å². The van der Waals surface area contributed by atoms with Gasteiger partial charge in [-0.2, -0.15) is 0 Å². The zero-order valence-corrected chi connectivity index (χ0v) is 20.0. The molecule has 0 aliphatic rings. The van der Waals surface area contributed by atoms with E-state index in [1.165, 1.54) is 12.1 Å². The molecular formula is C28H24NO5P. The number of non-ortho nitro benzene ring substituents is 1. The van der Waals surface area contributed by atoms with E-state index >= 15 is 4.57 Å². The van der Waals surface area contributed by atoms with Gasteiger partial charge in [-0.3, -0.25) is 14.9 Å². The van der Waals surface area contributed by atoms with Crippen LogP contribution in [0.15, 0.2) is 109 Å². The van der Waals surface area contributed by atoms with Crippen LogP contribution >= 0.6 is 7.14 Å². The van der Waals surface area contributed by atoms with Crippen LogP contribution in [-0.2, 0) is 4.57 Å². The monoisotopic (exact) mass is 485 g/mol. The molecule has 7 heteroatoms. The lowest BCUT2D eigenvalue weighted by molar-refractivity contribution is -0.384. The second-order valence-corrected chi connectivity index (χ2v) is 11.0. The maximum Gasteiger partial charge on any atom is 0.269 e. The van der Waals surface area contributed by atoms with Gasteiger partial charge >= 0.3 is 0 Å². The van der Waals surface area contributed by atoms with Gasteiger partial charge in [0.25, 0.3) is 5.69 Å². The third kappa shape index (κ3) is 5.08. The SMILES string of the molecule is COc1ccc(C(=O)C[C@@H](c2ccc([N+](=O)[O-])cc2)P(=O)(c2ccccc2)c2ccccc2)cc1. The van der Waals surface area contributed by atoms with Gasteiger partial charge in [0.15, 0.2) is 12.9 Å². The zero-order chi connectivity index (χ0) is 24.8. The van der Waals surface area contributed by atoms with Crippen LogP contribution in [0.5, 0.6) is 5.75 Å². The minimum Gasteiger partial charge on any atom is -0.497 e. The number of methoxy groups -OCH3 is 1. The van der Waals surface area contributed by atoms with Crippen molar-refractivity contribution in [2.45, 2.75) is 12.1 Å². The summed E-state index contributed by atoms with van der Waals surface area (Å²) in [6, 6.07) is 31.0. The lowest BCUT2D eigenvalue weighted by Gasteiger charge is -2.29. The highest BCUT2D eigenvalue weighted by Crippen LogP contribution is 2.59. The molecule has 1 atom stereocenters. The van der Waals surface area contributed by atoms with Gasteiger partial charge in [-0.15, -0.1) is 0 Å². The van der Waals surface area contributed by atoms with Gasteiger partial charge in [0.1, 0.15) is 5.75 Å². The number of nitro benzene ring substituents is 1. The number of hydrogen-bond donors (Lipinski definition) is 0. The van der Waals surface area contributed by atoms with Crippen molar-refractivity contribution in [2.24, 2.45) is 0 Å². The fraction of sp³-hybridized carbons (Fsp3) is 0.107. The maximum absolute atomic E-state index is 15.1. The smallest absolute Gasteiger partial charge is 0.269 e. The molecule has 0 saturated heterocycles. The van der Waals surface area contributed by atoms with Crippen LogP contribution in [0.3, 0.4) is 0 Å². The molecule has 4 aromatic rings. The molecule has 0 spiro atoms. The fourth-order valence-electron chi connectivity index (χ4n) is 4.15. The molecule has 176 valence electrons. The summed E-state index contributed by atoms with van der Waals surface area (Å²) in [5.41, 5.74) is 0.296. The summed E-state index contributed by atoms with van der Waals surface area (Å²) in [5, 5.41) is 12.5. The van der Waals surface area contributed by atoms with Crippen LogP contribution in [0.2, 0.25) is 0 Å². The first kappa shape index (κ1) is 24.1. The molecule has 0 aliphatic carbocycles. The van der Waals surface area contributed by atoms with E-state index in [1.807, 2.05) is 60.7 Å². The highest BCUT2D eigenvalue weighted by atomic mass is 31.2. The molecule has 0 radical (unpaired) electrons. The molecule has 6 nitrogen and oxygen atoms in total. The zero-order valence-electron chi connectivity index (χ0n) is 19.1. The lowest BCUT2D eigenvalue weighted by atomic mass is 10.0. The van der Waals surface area contributed by atoms with Crippen molar-refractivity contribution in [3.8, 4) is 5.75 Å². The average molecular weight is 485 g/mol. The predicted molar refractivity (Wildman–Crippen MR) is 138 cm³/mol. The molecule has 0 heterocycles. The Morgan fingerprint density at radius 2 is 1.34 bits per heavy atom. The normalized spacial score (nSPS) is 12.0. The van der Waals surface area contributed by atoms with E-state index in [0.717, 1.165) is 0 Å². The van der Waals surface area contributed by atoms with Crippen molar-refractivity contribution in [3.05, 3.63) is 130 Å². The number of hydrogen-bond acceptors (Lipinski definition) is 5. The average Bonchev–Trinajstić information content (AvgIpc) is 2.92. The lowest BCUT2D eigenvalue weighted by Crippen LogP contribution is -2.23. The number of rotatable bonds is 9. The van der Waals surface area contributed by atoms with Crippen molar-refractivity contribution in [1.29, 1.82) is 0 Å². The number of ketones is 1. The van der Waals surface area contributed by atoms with E-state index in [-0.39, 0.29) is 17.9 Å². The number of ether oxygens (including phenoxy) is 1. The van der Waals surface area contributed by atoms with E-state index in [1.54, 1.807) is 43.5 Å². The van der Waals surface area contributed by atoms with Gasteiger partial charge < -0.3 is 9.30 Å². The summed E-state index contributed by atoms with van der Waals surface area (Å²) in [6.07, 6.45) is -0.0365. The third-order valence-electron chi connectivity index (χ3n) is 6.00. The Bertz CT molecular complexity index is 1310. The van der Waals surface area contributed by atoms with Gasteiger partial charge in [-0.05, 0) is 29.8 Å². The third-order valence-corrected chi connectivity index (χ3v) is 9.49. The summed E-state index contributed by atoms with van der Waals surface area (Å²) < 4.78 is 20.3. The highest BCUT2D eigenvalue weighted by molar-refractivity contribution is 7.79. The van der Waals surface area contributed by atoms with Crippen LogP contribution < -0.4 is 15.3 Å². The minimum atomic E-state index is -3.40. The Morgan fingerprint density at radius 1 is 0.829 bits per heavy atom. The molecule has 0 unspecified atom stereocenters. The van der Waals surface area contributed by atoms with Crippen molar-refractivity contribution in [1.82, 2.24) is 0 Å². The summed E-state index contributed by atoms with van der Waals surface area (Å²) in [6.45, 7) is 0. The molecule has 4 aromatic carbocycles. The van der Waals surface area contributed by atoms with E-state index in [0.29, 0.717) is 27.5 Å². The van der Waals surface area contributed by atoms with E-state index in [9.17, 15) is 14.9 Å². The van der Waals surface area contributed by atoms with Gasteiger partial charge in [0, 0.05) is 34.7 Å². The molecule has 0 saturated carbocycles. The Kier molecular flexibility index (Phi) is 7.23. The van der Waals surface area contributed by atoms with Crippen LogP contribution in [0.4, 0.5) is 5.69 Å². The number of carbonyl (C=O) groups is 1. The van der Waals surface area contributed by atoms with Crippen molar-refractivity contribution in [2.75, 3.05) is 7.11 Å². The fourth-order valence-corrected chi connectivity index (χ4v) is 7.42. The largest absolute Gasteiger partial charge is 0.497 e. The second kappa shape index (κ2) is 10.5. The van der Waals surface area contributed by atoms with Crippen molar-refractivity contribution >= 4 is 29.2 Å².